The van der Waals surface area contributed by atoms with Gasteiger partial charge in [-0.25, -0.2) is 9.97 Å². The quantitative estimate of drug-likeness (QED) is 0.185. The maximum atomic E-state index is 6.77. The minimum atomic E-state index is 0.653. The van der Waals surface area contributed by atoms with Crippen LogP contribution in [-0.2, 0) is 0 Å². The molecule has 0 unspecified atom stereocenters. The van der Waals surface area contributed by atoms with Crippen LogP contribution in [0.25, 0.3) is 98.3 Å². The molecule has 10 aromatic rings. The molecule has 50 heavy (non-hydrogen) atoms. The Morgan fingerprint density at radius 1 is 0.460 bits per heavy atom. The van der Waals surface area contributed by atoms with Crippen molar-refractivity contribution >= 4 is 53.4 Å². The summed E-state index contributed by atoms with van der Waals surface area (Å²) in [5.41, 5.74) is 10.8. The lowest BCUT2D eigenvalue weighted by Crippen LogP contribution is -1.97. The Bertz CT molecular complexity index is 2860. The summed E-state index contributed by atoms with van der Waals surface area (Å²) in [5.74, 6) is 0.653. The number of aromatic nitrogens is 3. The van der Waals surface area contributed by atoms with Gasteiger partial charge >= 0.3 is 0 Å². The molecule has 5 heteroatoms. The van der Waals surface area contributed by atoms with Crippen LogP contribution in [0.15, 0.2) is 168 Å². The molecule has 0 spiro atoms. The first kappa shape index (κ1) is 28.6. The van der Waals surface area contributed by atoms with E-state index in [0.717, 1.165) is 72.3 Å². The first-order chi connectivity index (χ1) is 24.8. The molecular formula is C45H27N3OS. The molecule has 0 amide bonds. The van der Waals surface area contributed by atoms with Gasteiger partial charge in [-0.2, -0.15) is 0 Å². The molecule has 4 aromatic heterocycles. The molecule has 0 aliphatic rings. The molecule has 0 atom stereocenters. The van der Waals surface area contributed by atoms with Crippen molar-refractivity contribution in [2.24, 2.45) is 0 Å². The van der Waals surface area contributed by atoms with Crippen LogP contribution in [0.4, 0.5) is 0 Å². The Morgan fingerprint density at radius 2 is 1.14 bits per heavy atom. The molecule has 4 heterocycles. The highest BCUT2D eigenvalue weighted by molar-refractivity contribution is 7.25. The predicted octanol–water partition coefficient (Wildman–Crippen LogP) is 12.5. The van der Waals surface area contributed by atoms with E-state index in [-0.39, 0.29) is 0 Å². The van der Waals surface area contributed by atoms with Gasteiger partial charge < -0.3 is 4.42 Å². The Morgan fingerprint density at radius 3 is 1.96 bits per heavy atom. The summed E-state index contributed by atoms with van der Waals surface area (Å²) in [7, 11) is 0. The average Bonchev–Trinajstić information content (AvgIpc) is 3.77. The molecule has 10 rings (SSSR count). The number of rotatable bonds is 5. The lowest BCUT2D eigenvalue weighted by molar-refractivity contribution is 0.670. The molecule has 0 aliphatic heterocycles. The van der Waals surface area contributed by atoms with Gasteiger partial charge in [0.1, 0.15) is 11.2 Å². The van der Waals surface area contributed by atoms with Crippen LogP contribution in [0.2, 0.25) is 0 Å². The lowest BCUT2D eigenvalue weighted by atomic mass is 9.95. The fraction of sp³-hybridized carbons (Fsp3) is 0. The standard InChI is InChI=1S/C45H27N3OS/c1-2-10-29(11-3-1)37-26-38(30-21-19-28(20-22-30)31-12-9-25-46-27-31)48-45(47-37)36-24-23-33(44-43(36)34-13-4-6-16-39(34)49-44)32-15-8-18-41-42(32)35-14-5-7-17-40(35)50-41/h1-27H. The normalized spacial score (nSPS) is 11.6. The molecule has 0 bridgehead atoms. The third-order valence-electron chi connectivity index (χ3n) is 9.43. The van der Waals surface area contributed by atoms with Crippen molar-refractivity contribution in [1.29, 1.82) is 0 Å². The van der Waals surface area contributed by atoms with Crippen LogP contribution in [0.5, 0.6) is 0 Å². The van der Waals surface area contributed by atoms with Crippen molar-refractivity contribution in [3.05, 3.63) is 164 Å². The smallest absolute Gasteiger partial charge is 0.161 e. The van der Waals surface area contributed by atoms with Crippen LogP contribution in [0.1, 0.15) is 0 Å². The number of hydrogen-bond acceptors (Lipinski definition) is 5. The van der Waals surface area contributed by atoms with E-state index in [0.29, 0.717) is 5.82 Å². The molecule has 0 saturated carbocycles. The lowest BCUT2D eigenvalue weighted by Gasteiger charge is -2.12. The Hall–Kier alpha value is -6.43. The van der Waals surface area contributed by atoms with Gasteiger partial charge in [0.15, 0.2) is 5.82 Å². The van der Waals surface area contributed by atoms with Crippen LogP contribution >= 0.6 is 11.3 Å². The maximum Gasteiger partial charge on any atom is 0.161 e. The van der Waals surface area contributed by atoms with E-state index < -0.39 is 0 Å². The zero-order valence-electron chi connectivity index (χ0n) is 26.7. The maximum absolute atomic E-state index is 6.77. The highest BCUT2D eigenvalue weighted by Gasteiger charge is 2.22. The molecule has 0 N–H and O–H groups in total. The summed E-state index contributed by atoms with van der Waals surface area (Å²) in [5, 5.41) is 4.56. The molecule has 0 aliphatic carbocycles. The highest BCUT2D eigenvalue weighted by Crippen LogP contribution is 2.46. The second kappa shape index (κ2) is 11.6. The molecule has 4 nitrogen and oxygen atoms in total. The highest BCUT2D eigenvalue weighted by atomic mass is 32.1. The number of fused-ring (bicyclic) bond motifs is 6. The SMILES string of the molecule is c1ccc(-c2cc(-c3ccc(-c4cccnc4)cc3)nc(-c3ccc(-c4cccc5sc6ccccc6c45)c4oc5ccccc5c34)n2)cc1. The molecule has 0 saturated heterocycles. The number of nitrogens with zero attached hydrogens (tertiary/aromatic N) is 3. The van der Waals surface area contributed by atoms with Crippen molar-refractivity contribution in [3.63, 3.8) is 0 Å². The first-order valence-electron chi connectivity index (χ1n) is 16.6. The average molecular weight is 658 g/mol. The second-order valence-electron chi connectivity index (χ2n) is 12.4. The Labute approximate surface area is 292 Å². The van der Waals surface area contributed by atoms with E-state index in [2.05, 4.69) is 120 Å². The van der Waals surface area contributed by atoms with Gasteiger partial charge in [0.05, 0.1) is 11.4 Å². The zero-order valence-corrected chi connectivity index (χ0v) is 27.6. The zero-order chi connectivity index (χ0) is 33.0. The largest absolute Gasteiger partial charge is 0.455 e. The van der Waals surface area contributed by atoms with Gasteiger partial charge in [-0.3, -0.25) is 4.98 Å². The molecule has 6 aromatic carbocycles. The summed E-state index contributed by atoms with van der Waals surface area (Å²) in [4.78, 5) is 14.8. The number of thiophene rings is 1. The third kappa shape index (κ3) is 4.71. The van der Waals surface area contributed by atoms with Crippen LogP contribution in [0.3, 0.4) is 0 Å². The number of furan rings is 1. The monoisotopic (exact) mass is 657 g/mol. The first-order valence-corrected chi connectivity index (χ1v) is 17.4. The molecular weight excluding hydrogens is 631 g/mol. The number of pyridine rings is 1. The predicted molar refractivity (Wildman–Crippen MR) is 207 cm³/mol. The fourth-order valence-corrected chi connectivity index (χ4v) is 8.20. The molecule has 0 radical (unpaired) electrons. The summed E-state index contributed by atoms with van der Waals surface area (Å²) < 4.78 is 9.30. The van der Waals surface area contributed by atoms with Gasteiger partial charge in [-0.15, -0.1) is 11.3 Å². The number of hydrogen-bond donors (Lipinski definition) is 0. The third-order valence-corrected chi connectivity index (χ3v) is 10.6. The summed E-state index contributed by atoms with van der Waals surface area (Å²) in [6, 6.07) is 52.8. The van der Waals surface area contributed by atoms with Gasteiger partial charge in [0.25, 0.3) is 0 Å². The minimum Gasteiger partial charge on any atom is -0.455 e. The van der Waals surface area contributed by atoms with E-state index in [9.17, 15) is 0 Å². The Balaban J connectivity index is 1.21. The van der Waals surface area contributed by atoms with Crippen LogP contribution in [-0.4, -0.2) is 15.0 Å². The van der Waals surface area contributed by atoms with E-state index in [4.69, 9.17) is 14.4 Å². The second-order valence-corrected chi connectivity index (χ2v) is 13.5. The minimum absolute atomic E-state index is 0.653. The summed E-state index contributed by atoms with van der Waals surface area (Å²) in [6.07, 6.45) is 3.68. The summed E-state index contributed by atoms with van der Waals surface area (Å²) >= 11 is 1.83. The van der Waals surface area contributed by atoms with E-state index in [1.807, 2.05) is 53.9 Å². The number of benzene rings is 6. The van der Waals surface area contributed by atoms with Crippen molar-refractivity contribution in [2.75, 3.05) is 0 Å². The van der Waals surface area contributed by atoms with Crippen molar-refractivity contribution < 1.29 is 4.42 Å². The van der Waals surface area contributed by atoms with Gasteiger partial charge in [-0.1, -0.05) is 109 Å². The van der Waals surface area contributed by atoms with Crippen LogP contribution in [0, 0.1) is 0 Å². The van der Waals surface area contributed by atoms with Crippen molar-refractivity contribution in [1.82, 2.24) is 15.0 Å². The fourth-order valence-electron chi connectivity index (χ4n) is 7.07. The van der Waals surface area contributed by atoms with Gasteiger partial charge in [-0.05, 0) is 59.2 Å². The van der Waals surface area contributed by atoms with Crippen molar-refractivity contribution in [3.8, 4) is 56.2 Å². The van der Waals surface area contributed by atoms with E-state index in [1.54, 1.807) is 6.20 Å². The van der Waals surface area contributed by atoms with E-state index >= 15 is 0 Å². The van der Waals surface area contributed by atoms with E-state index in [1.165, 1.54) is 20.2 Å². The topological polar surface area (TPSA) is 51.8 Å². The van der Waals surface area contributed by atoms with Crippen molar-refractivity contribution in [2.45, 2.75) is 0 Å². The Kier molecular flexibility index (Phi) is 6.64. The van der Waals surface area contributed by atoms with Crippen LogP contribution < -0.4 is 0 Å². The van der Waals surface area contributed by atoms with Gasteiger partial charge in [0, 0.05) is 65.6 Å². The molecule has 234 valence electrons. The molecule has 0 fully saturated rings. The number of para-hydroxylation sites is 1. The van der Waals surface area contributed by atoms with Gasteiger partial charge in [0.2, 0.25) is 0 Å². The summed E-state index contributed by atoms with van der Waals surface area (Å²) in [6.45, 7) is 0.